The number of anilines is 1. The molecule has 1 saturated heterocycles. The van der Waals surface area contributed by atoms with Crippen LogP contribution in [-0.2, 0) is 20.7 Å². The first-order chi connectivity index (χ1) is 18.8. The van der Waals surface area contributed by atoms with E-state index in [4.69, 9.17) is 18.9 Å². The summed E-state index contributed by atoms with van der Waals surface area (Å²) >= 11 is 1.20. The number of amides is 2. The fraction of sp³-hybridized carbons (Fsp3) is 0.370. The molecule has 12 heteroatoms. The van der Waals surface area contributed by atoms with Crippen molar-refractivity contribution in [2.24, 2.45) is 0 Å². The first-order valence-corrected chi connectivity index (χ1v) is 13.4. The van der Waals surface area contributed by atoms with Gasteiger partial charge in [0, 0.05) is 36.2 Å². The monoisotopic (exact) mass is 554 g/mol. The lowest BCUT2D eigenvalue weighted by Crippen LogP contribution is -2.40. The second-order valence-corrected chi connectivity index (χ2v) is 9.67. The lowest BCUT2D eigenvalue weighted by atomic mass is 10.2. The van der Waals surface area contributed by atoms with Gasteiger partial charge in [-0.15, -0.1) is 11.3 Å². The molecular weight excluding hydrogens is 524 g/mol. The quantitative estimate of drug-likeness (QED) is 0.370. The van der Waals surface area contributed by atoms with Gasteiger partial charge in [0.05, 0.1) is 43.6 Å². The Hall–Kier alpha value is -4.03. The molecule has 0 aliphatic carbocycles. The van der Waals surface area contributed by atoms with Gasteiger partial charge in [0.2, 0.25) is 11.8 Å². The predicted octanol–water partition coefficient (Wildman–Crippen LogP) is 3.95. The molecule has 0 bridgehead atoms. The summed E-state index contributed by atoms with van der Waals surface area (Å²) in [6, 6.07) is 9.72. The Bertz CT molecular complexity index is 1300. The van der Waals surface area contributed by atoms with Gasteiger partial charge in [-0.3, -0.25) is 19.7 Å². The molecule has 3 aromatic rings. The molecular formula is C27H30N4O7S. The Kier molecular flexibility index (Phi) is 9.45. The van der Waals surface area contributed by atoms with Gasteiger partial charge in [0.1, 0.15) is 5.75 Å². The summed E-state index contributed by atoms with van der Waals surface area (Å²) in [4.78, 5) is 47.8. The molecule has 206 valence electrons. The zero-order valence-electron chi connectivity index (χ0n) is 22.0. The third-order valence-electron chi connectivity index (χ3n) is 5.42. The Balaban J connectivity index is 1.47. The summed E-state index contributed by atoms with van der Waals surface area (Å²) in [5.74, 6) is -0.0917. The molecule has 0 radical (unpaired) electrons. The fourth-order valence-electron chi connectivity index (χ4n) is 3.68. The van der Waals surface area contributed by atoms with Crippen LogP contribution in [0, 0.1) is 0 Å². The van der Waals surface area contributed by atoms with Crippen molar-refractivity contribution in [3.8, 4) is 17.5 Å². The summed E-state index contributed by atoms with van der Waals surface area (Å²) in [6.07, 6.45) is -0.157. The first-order valence-electron chi connectivity index (χ1n) is 12.6. The molecule has 0 saturated carbocycles. The third kappa shape index (κ3) is 7.98. The molecule has 1 N–H and O–H groups in total. The van der Waals surface area contributed by atoms with Crippen molar-refractivity contribution in [1.29, 1.82) is 0 Å². The van der Waals surface area contributed by atoms with E-state index in [2.05, 4.69) is 15.3 Å². The van der Waals surface area contributed by atoms with Gasteiger partial charge in [-0.25, -0.2) is 4.98 Å². The van der Waals surface area contributed by atoms with E-state index >= 15 is 0 Å². The summed E-state index contributed by atoms with van der Waals surface area (Å²) < 4.78 is 21.9. The number of nitrogens with zero attached hydrogens (tertiary/aromatic N) is 3. The average Bonchev–Trinajstić information content (AvgIpc) is 3.35. The van der Waals surface area contributed by atoms with E-state index in [9.17, 15) is 14.4 Å². The molecule has 0 unspecified atom stereocenters. The highest BCUT2D eigenvalue weighted by atomic mass is 32.1. The molecule has 2 aromatic heterocycles. The molecule has 1 aliphatic rings. The van der Waals surface area contributed by atoms with Crippen LogP contribution in [0.25, 0.3) is 0 Å². The standard InChI is InChI=1S/C27H30N4O7S/c1-4-36-24(32)15-20-16-39-27(28-20)30-25(33)19-13-22(37-17(2)3)29-23(14-19)38-21-7-5-18(6-8-21)26(34)31-9-11-35-12-10-31/h5-8,13-14,16-17H,4,9-12,15H2,1-3H3,(H,28,30,33). The zero-order valence-corrected chi connectivity index (χ0v) is 22.8. The molecule has 1 aliphatic heterocycles. The van der Waals surface area contributed by atoms with Crippen LogP contribution in [0.2, 0.25) is 0 Å². The van der Waals surface area contributed by atoms with Crippen LogP contribution in [0.4, 0.5) is 5.13 Å². The number of esters is 1. The normalized spacial score (nSPS) is 13.2. The lowest BCUT2D eigenvalue weighted by molar-refractivity contribution is -0.142. The number of thiazole rings is 1. The second-order valence-electron chi connectivity index (χ2n) is 8.81. The van der Waals surface area contributed by atoms with Crippen LogP contribution >= 0.6 is 11.3 Å². The molecule has 4 rings (SSSR count). The number of pyridine rings is 1. The Morgan fingerprint density at radius 3 is 2.46 bits per heavy atom. The lowest BCUT2D eigenvalue weighted by Gasteiger charge is -2.26. The molecule has 3 heterocycles. The highest BCUT2D eigenvalue weighted by Crippen LogP contribution is 2.26. The minimum Gasteiger partial charge on any atom is -0.475 e. The van der Waals surface area contributed by atoms with Gasteiger partial charge < -0.3 is 23.8 Å². The van der Waals surface area contributed by atoms with Crippen LogP contribution in [-0.4, -0.2) is 71.7 Å². The minimum atomic E-state index is -0.445. The number of morpholine rings is 1. The van der Waals surface area contributed by atoms with E-state index < -0.39 is 5.91 Å². The van der Waals surface area contributed by atoms with Crippen LogP contribution in [0.3, 0.4) is 0 Å². The van der Waals surface area contributed by atoms with Crippen LogP contribution in [0.1, 0.15) is 47.2 Å². The largest absolute Gasteiger partial charge is 0.475 e. The maximum atomic E-state index is 13.0. The fourth-order valence-corrected chi connectivity index (χ4v) is 4.38. The van der Waals surface area contributed by atoms with E-state index in [1.54, 1.807) is 41.5 Å². The third-order valence-corrected chi connectivity index (χ3v) is 6.23. The molecule has 39 heavy (non-hydrogen) atoms. The maximum Gasteiger partial charge on any atom is 0.311 e. The zero-order chi connectivity index (χ0) is 27.8. The van der Waals surface area contributed by atoms with Crippen LogP contribution in [0.5, 0.6) is 17.5 Å². The molecule has 2 amide bonds. The molecule has 0 atom stereocenters. The Morgan fingerprint density at radius 1 is 1.05 bits per heavy atom. The summed E-state index contributed by atoms with van der Waals surface area (Å²) in [5.41, 5.74) is 1.30. The van der Waals surface area contributed by atoms with Crippen molar-refractivity contribution in [2.75, 3.05) is 38.2 Å². The number of hydrogen-bond donors (Lipinski definition) is 1. The molecule has 0 spiro atoms. The van der Waals surface area contributed by atoms with E-state index in [1.165, 1.54) is 23.5 Å². The number of ether oxygens (including phenoxy) is 4. The summed E-state index contributed by atoms with van der Waals surface area (Å²) in [7, 11) is 0. The highest BCUT2D eigenvalue weighted by molar-refractivity contribution is 7.14. The topological polar surface area (TPSA) is 129 Å². The number of carbonyl (C=O) groups excluding carboxylic acids is 3. The van der Waals surface area contributed by atoms with Gasteiger partial charge in [-0.05, 0) is 45.0 Å². The molecule has 1 aromatic carbocycles. The number of hydrogen-bond acceptors (Lipinski definition) is 10. The average molecular weight is 555 g/mol. The van der Waals surface area contributed by atoms with Gasteiger partial charge >= 0.3 is 5.97 Å². The summed E-state index contributed by atoms with van der Waals surface area (Å²) in [5, 5.41) is 4.76. The molecule has 1 fully saturated rings. The number of aromatic nitrogens is 2. The first kappa shape index (κ1) is 28.0. The van der Waals surface area contributed by atoms with Crippen molar-refractivity contribution in [1.82, 2.24) is 14.9 Å². The van der Waals surface area contributed by atoms with Crippen molar-refractivity contribution < 1.29 is 33.3 Å². The van der Waals surface area contributed by atoms with E-state index in [0.29, 0.717) is 48.4 Å². The number of benzene rings is 1. The van der Waals surface area contributed by atoms with Crippen molar-refractivity contribution in [2.45, 2.75) is 33.3 Å². The predicted molar refractivity (Wildman–Crippen MR) is 144 cm³/mol. The smallest absolute Gasteiger partial charge is 0.311 e. The van der Waals surface area contributed by atoms with E-state index in [-0.39, 0.29) is 48.3 Å². The van der Waals surface area contributed by atoms with Gasteiger partial charge in [0.25, 0.3) is 11.8 Å². The van der Waals surface area contributed by atoms with E-state index in [0.717, 1.165) is 0 Å². The Morgan fingerprint density at radius 2 is 1.77 bits per heavy atom. The SMILES string of the molecule is CCOC(=O)Cc1csc(NC(=O)c2cc(Oc3ccc(C(=O)N4CCOCC4)cc3)nc(OC(C)C)c2)n1. The second kappa shape index (κ2) is 13.2. The number of nitrogens with one attached hydrogen (secondary N) is 1. The summed E-state index contributed by atoms with van der Waals surface area (Å²) in [6.45, 7) is 7.89. The van der Waals surface area contributed by atoms with Gasteiger partial charge in [-0.1, -0.05) is 0 Å². The number of rotatable bonds is 10. The van der Waals surface area contributed by atoms with Crippen molar-refractivity contribution >= 4 is 34.3 Å². The highest BCUT2D eigenvalue weighted by Gasteiger charge is 2.19. The number of carbonyl (C=O) groups is 3. The van der Waals surface area contributed by atoms with Gasteiger partial charge in [-0.2, -0.15) is 4.98 Å². The van der Waals surface area contributed by atoms with E-state index in [1.807, 2.05) is 13.8 Å². The Labute approximate surface area is 230 Å². The van der Waals surface area contributed by atoms with Crippen LogP contribution in [0.15, 0.2) is 41.8 Å². The van der Waals surface area contributed by atoms with Crippen LogP contribution < -0.4 is 14.8 Å². The maximum absolute atomic E-state index is 13.0. The van der Waals surface area contributed by atoms with Gasteiger partial charge in [0.15, 0.2) is 5.13 Å². The molecule has 11 nitrogen and oxygen atoms in total. The van der Waals surface area contributed by atoms with Crippen molar-refractivity contribution in [3.63, 3.8) is 0 Å². The van der Waals surface area contributed by atoms with Crippen molar-refractivity contribution in [3.05, 3.63) is 58.6 Å². The minimum absolute atomic E-state index is 0.0245.